The van der Waals surface area contributed by atoms with Crippen molar-refractivity contribution >= 4 is 23.3 Å². The van der Waals surface area contributed by atoms with Gasteiger partial charge in [0.15, 0.2) is 5.78 Å². The molecular weight excluding hydrogens is 478 g/mol. The molecule has 2 rings (SSSR count). The number of likely N-dealkylation sites (N-methyl/N-ethyl adjacent to an activating group) is 1. The normalized spacial score (nSPS) is 16.5. The third kappa shape index (κ3) is 10.3. The van der Waals surface area contributed by atoms with Crippen LogP contribution in [0.1, 0.15) is 63.4 Å². The molecule has 0 unspecified atom stereocenters. The zero-order valence-corrected chi connectivity index (χ0v) is 22.6. The van der Waals surface area contributed by atoms with Crippen molar-refractivity contribution in [1.82, 2.24) is 5.32 Å². The fraction of sp³-hybridized carbons (Fsp3) is 0.704. The Morgan fingerprint density at radius 3 is 2.42 bits per heavy atom. The van der Waals surface area contributed by atoms with Crippen LogP contribution in [0.3, 0.4) is 0 Å². The van der Waals surface area contributed by atoms with E-state index >= 15 is 0 Å². The van der Waals surface area contributed by atoms with Crippen LogP contribution < -0.4 is 22.5 Å². The van der Waals surface area contributed by atoms with Crippen molar-refractivity contribution in [2.24, 2.45) is 23.1 Å². The first-order valence-electron chi connectivity index (χ1n) is 13.5. The van der Waals surface area contributed by atoms with Crippen molar-refractivity contribution < 1.29 is 19.2 Å². The minimum absolute atomic E-state index is 0.00522. The molecule has 8 N–H and O–H groups in total. The number of nitrogens with zero attached hydrogens (tertiary/aromatic N) is 1. The zero-order valence-electron chi connectivity index (χ0n) is 21.9. The summed E-state index contributed by atoms with van der Waals surface area (Å²) in [6.45, 7) is 3.65. The van der Waals surface area contributed by atoms with Gasteiger partial charge >= 0.3 is 0 Å². The molecule has 204 valence electrons. The average molecular weight is 525 g/mol. The number of phenols is 1. The minimum atomic E-state index is -0.696. The van der Waals surface area contributed by atoms with Crippen LogP contribution in [-0.4, -0.2) is 73.1 Å². The van der Waals surface area contributed by atoms with Gasteiger partial charge in [-0.25, -0.2) is 0 Å². The third-order valence-corrected chi connectivity index (χ3v) is 7.82. The highest BCUT2D eigenvalue weighted by atomic mass is 35.5. The maximum Gasteiger partial charge on any atom is 0.237 e. The molecule has 9 heteroatoms. The summed E-state index contributed by atoms with van der Waals surface area (Å²) < 4.78 is 0.757. The second-order valence-electron chi connectivity index (χ2n) is 10.7. The van der Waals surface area contributed by atoms with Crippen molar-refractivity contribution in [3.63, 3.8) is 0 Å². The Morgan fingerprint density at radius 2 is 1.78 bits per heavy atom. The number of carbonyl (C=O) groups excluding carboxylic acids is 2. The van der Waals surface area contributed by atoms with E-state index in [-0.39, 0.29) is 23.9 Å². The van der Waals surface area contributed by atoms with Crippen LogP contribution in [-0.2, 0) is 16.0 Å². The van der Waals surface area contributed by atoms with E-state index in [0.717, 1.165) is 37.0 Å². The van der Waals surface area contributed by atoms with Gasteiger partial charge in [-0.15, -0.1) is 0 Å². The number of Topliss-reactive ketones (excluding diaryl/α,β-unsaturated/α-hetero) is 1. The number of amides is 1. The lowest BCUT2D eigenvalue weighted by Gasteiger charge is -2.34. The van der Waals surface area contributed by atoms with Crippen molar-refractivity contribution in [3.8, 4) is 5.75 Å². The Balaban J connectivity index is 1.99. The first-order valence-corrected chi connectivity index (χ1v) is 13.8. The van der Waals surface area contributed by atoms with Gasteiger partial charge in [0, 0.05) is 30.1 Å². The molecule has 1 fully saturated rings. The standard InChI is InChI=1S/C27H46ClN5O3/c1-33(16-13-29,17-14-30)15-5-8-23(31)27(36)32-24(11-9-20-6-3-2-4-7-20)26(35)19-21-18-22(28)10-12-25(21)34/h10,12,18,20,23-24H,2-9,11,13-17,19,29-31H2,1H3,(H-,32,34,36)/p+1/t23-,24+/m0/s1. The zero-order chi connectivity index (χ0) is 26.6. The summed E-state index contributed by atoms with van der Waals surface area (Å²) in [7, 11) is 2.12. The van der Waals surface area contributed by atoms with Gasteiger partial charge in [-0.1, -0.05) is 43.7 Å². The number of hydrogen-bond donors (Lipinski definition) is 5. The molecular formula is C27H47ClN5O3+. The number of quaternary nitrogens is 1. The highest BCUT2D eigenvalue weighted by Gasteiger charge is 2.27. The number of nitrogens with two attached hydrogens (primary N) is 3. The molecule has 2 atom stereocenters. The summed E-state index contributed by atoms with van der Waals surface area (Å²) in [5.74, 6) is 0.163. The molecule has 1 aromatic carbocycles. The van der Waals surface area contributed by atoms with Crippen LogP contribution in [0.5, 0.6) is 5.75 Å². The lowest BCUT2D eigenvalue weighted by Crippen LogP contribution is -2.52. The van der Waals surface area contributed by atoms with Crippen LogP contribution in [0.2, 0.25) is 5.02 Å². The number of phenolic OH excluding ortho intramolecular Hbond substituents is 1. The van der Waals surface area contributed by atoms with Gasteiger partial charge in [-0.3, -0.25) is 9.59 Å². The largest absolute Gasteiger partial charge is 0.508 e. The maximum absolute atomic E-state index is 13.3. The molecule has 8 nitrogen and oxygen atoms in total. The number of carbonyl (C=O) groups is 2. The second kappa shape index (κ2) is 15.5. The molecule has 1 aliphatic carbocycles. The number of hydrogen-bond acceptors (Lipinski definition) is 6. The molecule has 0 aromatic heterocycles. The maximum atomic E-state index is 13.3. The van der Waals surface area contributed by atoms with Gasteiger partial charge in [0.05, 0.1) is 38.8 Å². The summed E-state index contributed by atoms with van der Waals surface area (Å²) in [6, 6.07) is 3.33. The summed E-state index contributed by atoms with van der Waals surface area (Å²) in [5.41, 5.74) is 18.2. The van der Waals surface area contributed by atoms with E-state index in [0.29, 0.717) is 42.4 Å². The molecule has 1 amide bonds. The average Bonchev–Trinajstić information content (AvgIpc) is 2.84. The number of nitrogens with one attached hydrogen (secondary N) is 1. The van der Waals surface area contributed by atoms with Crippen molar-refractivity contribution in [1.29, 1.82) is 0 Å². The molecule has 0 saturated heterocycles. The van der Waals surface area contributed by atoms with Crippen LogP contribution in [0.4, 0.5) is 0 Å². The van der Waals surface area contributed by atoms with Crippen molar-refractivity contribution in [2.45, 2.75) is 76.3 Å². The lowest BCUT2D eigenvalue weighted by molar-refractivity contribution is -0.907. The SMILES string of the molecule is C[N+](CCN)(CCN)CCC[C@H](N)C(=O)N[C@H](CCC1CCCCC1)C(=O)Cc1cc(Cl)ccc1O. The number of aromatic hydroxyl groups is 1. The summed E-state index contributed by atoms with van der Waals surface area (Å²) >= 11 is 6.06. The highest BCUT2D eigenvalue weighted by molar-refractivity contribution is 6.30. The molecule has 1 aromatic rings. The highest BCUT2D eigenvalue weighted by Crippen LogP contribution is 2.28. The molecule has 1 saturated carbocycles. The van der Waals surface area contributed by atoms with Gasteiger partial charge in [0.2, 0.25) is 5.91 Å². The molecule has 0 heterocycles. The van der Waals surface area contributed by atoms with Crippen LogP contribution in [0, 0.1) is 5.92 Å². The Kier molecular flexibility index (Phi) is 13.2. The Morgan fingerprint density at radius 1 is 1.11 bits per heavy atom. The molecule has 0 spiro atoms. The van der Waals surface area contributed by atoms with E-state index in [1.165, 1.54) is 38.2 Å². The molecule has 0 radical (unpaired) electrons. The second-order valence-corrected chi connectivity index (χ2v) is 11.1. The van der Waals surface area contributed by atoms with Gasteiger partial charge in [0.1, 0.15) is 5.75 Å². The van der Waals surface area contributed by atoms with E-state index in [2.05, 4.69) is 12.4 Å². The van der Waals surface area contributed by atoms with E-state index in [1.807, 2.05) is 0 Å². The molecule has 36 heavy (non-hydrogen) atoms. The number of benzene rings is 1. The summed E-state index contributed by atoms with van der Waals surface area (Å²) in [6.07, 6.45) is 8.82. The number of ketones is 1. The quantitative estimate of drug-likeness (QED) is 0.210. The van der Waals surface area contributed by atoms with E-state index < -0.39 is 12.1 Å². The third-order valence-electron chi connectivity index (χ3n) is 7.59. The summed E-state index contributed by atoms with van der Waals surface area (Å²) in [5, 5.41) is 13.6. The van der Waals surface area contributed by atoms with E-state index in [9.17, 15) is 14.7 Å². The van der Waals surface area contributed by atoms with E-state index in [1.54, 1.807) is 12.1 Å². The first kappa shape index (κ1) is 30.5. The van der Waals surface area contributed by atoms with Crippen LogP contribution >= 0.6 is 11.6 Å². The van der Waals surface area contributed by atoms with Gasteiger partial charge in [-0.05, 0) is 49.8 Å². The molecule has 0 bridgehead atoms. The monoisotopic (exact) mass is 524 g/mol. The Labute approximate surface area is 221 Å². The van der Waals surface area contributed by atoms with Crippen molar-refractivity contribution in [3.05, 3.63) is 28.8 Å². The number of rotatable bonds is 16. The van der Waals surface area contributed by atoms with Crippen molar-refractivity contribution in [2.75, 3.05) is 39.8 Å². The fourth-order valence-electron chi connectivity index (χ4n) is 5.26. The Bertz CT molecular complexity index is 826. The predicted octanol–water partition coefficient (Wildman–Crippen LogP) is 2.47. The van der Waals surface area contributed by atoms with Crippen LogP contribution in [0.25, 0.3) is 0 Å². The summed E-state index contributed by atoms with van der Waals surface area (Å²) in [4.78, 5) is 26.2. The van der Waals surface area contributed by atoms with Gasteiger partial charge in [0.25, 0.3) is 0 Å². The number of halogens is 1. The fourth-order valence-corrected chi connectivity index (χ4v) is 5.45. The van der Waals surface area contributed by atoms with Gasteiger partial charge < -0.3 is 32.1 Å². The lowest BCUT2D eigenvalue weighted by atomic mass is 9.84. The first-order chi connectivity index (χ1) is 17.2. The molecule has 1 aliphatic rings. The Hall–Kier alpha value is -1.71. The molecule has 0 aliphatic heterocycles. The predicted molar refractivity (Wildman–Crippen MR) is 146 cm³/mol. The topological polar surface area (TPSA) is 144 Å². The van der Waals surface area contributed by atoms with Crippen LogP contribution in [0.15, 0.2) is 18.2 Å². The van der Waals surface area contributed by atoms with E-state index in [4.69, 9.17) is 28.8 Å². The minimum Gasteiger partial charge on any atom is -0.508 e. The van der Waals surface area contributed by atoms with Gasteiger partial charge in [-0.2, -0.15) is 0 Å². The smallest absolute Gasteiger partial charge is 0.237 e.